The average Bonchev–Trinajstić information content (AvgIpc) is 2.47. The van der Waals surface area contributed by atoms with E-state index < -0.39 is 14.0 Å². The molecule has 0 spiro atoms. The van der Waals surface area contributed by atoms with Gasteiger partial charge in [0.25, 0.3) is 0 Å². The van der Waals surface area contributed by atoms with Crippen LogP contribution in [0.2, 0.25) is 19.6 Å². The summed E-state index contributed by atoms with van der Waals surface area (Å²) < 4.78 is 0. The summed E-state index contributed by atoms with van der Waals surface area (Å²) in [4.78, 5) is 11.4. The minimum absolute atomic E-state index is 0.223. The van der Waals surface area contributed by atoms with Gasteiger partial charge < -0.3 is 10.1 Å². The van der Waals surface area contributed by atoms with E-state index in [1.807, 2.05) is 19.1 Å². The van der Waals surface area contributed by atoms with Crippen molar-refractivity contribution in [2.24, 2.45) is 22.9 Å². The Morgan fingerprint density at radius 3 is 2.42 bits per heavy atom. The van der Waals surface area contributed by atoms with Crippen LogP contribution in [0.25, 0.3) is 0 Å². The second kappa shape index (κ2) is 10.3. The molecule has 0 aromatic heterocycles. The maximum atomic E-state index is 11.4. The van der Waals surface area contributed by atoms with Crippen LogP contribution in [-0.2, 0) is 4.79 Å². The number of rotatable bonds is 9. The Balaban J connectivity index is 3.05. The number of carboxylic acid groups (broad SMARTS) is 1. The molecule has 0 aliphatic heterocycles. The van der Waals surface area contributed by atoms with Gasteiger partial charge >= 0.3 is 5.97 Å². The van der Waals surface area contributed by atoms with Crippen LogP contribution in [0.15, 0.2) is 16.4 Å². The van der Waals surface area contributed by atoms with Gasteiger partial charge in [0.15, 0.2) is 0 Å². The van der Waals surface area contributed by atoms with E-state index in [9.17, 15) is 9.90 Å². The molecule has 26 heavy (non-hydrogen) atoms. The first-order chi connectivity index (χ1) is 12.0. The highest BCUT2D eigenvalue weighted by Gasteiger charge is 2.34. The molecule has 1 fully saturated rings. The Kier molecular flexibility index (Phi) is 9.08. The molecule has 3 atom stereocenters. The van der Waals surface area contributed by atoms with Gasteiger partial charge in [-0.3, -0.25) is 4.79 Å². The van der Waals surface area contributed by atoms with E-state index in [0.29, 0.717) is 11.8 Å². The Morgan fingerprint density at radius 2 is 1.92 bits per heavy atom. The van der Waals surface area contributed by atoms with E-state index in [4.69, 9.17) is 0 Å². The predicted molar refractivity (Wildman–Crippen MR) is 114 cm³/mol. The molecule has 0 bridgehead atoms. The fourth-order valence-corrected chi connectivity index (χ4v) is 5.64. The van der Waals surface area contributed by atoms with Gasteiger partial charge in [0.05, 0.1) is 14.5 Å². The number of carboxylic acids is 1. The van der Waals surface area contributed by atoms with Gasteiger partial charge in [-0.15, -0.1) is 0 Å². The zero-order chi connectivity index (χ0) is 19.9. The second-order valence-corrected chi connectivity index (χ2v) is 14.3. The number of carbonyl (C=O) groups is 1. The summed E-state index contributed by atoms with van der Waals surface area (Å²) in [6, 6.07) is 0. The fourth-order valence-electron chi connectivity index (χ4n) is 4.19. The summed E-state index contributed by atoms with van der Waals surface area (Å²) in [6.07, 6.45) is 6.72. The summed E-state index contributed by atoms with van der Waals surface area (Å²) in [5, 5.41) is 16.0. The van der Waals surface area contributed by atoms with E-state index in [-0.39, 0.29) is 12.3 Å². The molecule has 0 heterocycles. The lowest BCUT2D eigenvalue weighted by Crippen LogP contribution is -2.31. The van der Waals surface area contributed by atoms with E-state index >= 15 is 0 Å². The fraction of sp³-hybridized carbons (Fsp3) is 0.810. The van der Waals surface area contributed by atoms with Crippen LogP contribution >= 0.6 is 0 Å². The third-order valence-corrected chi connectivity index (χ3v) is 6.40. The highest BCUT2D eigenvalue weighted by atomic mass is 28.3. The van der Waals surface area contributed by atoms with Gasteiger partial charge in [-0.1, -0.05) is 51.2 Å². The highest BCUT2D eigenvalue weighted by molar-refractivity contribution is 6.81. The zero-order valence-electron chi connectivity index (χ0n) is 18.0. The Labute approximate surface area is 161 Å². The number of allylic oxidation sites excluding steroid dienone is 1. The van der Waals surface area contributed by atoms with E-state index in [0.717, 1.165) is 38.5 Å². The van der Waals surface area contributed by atoms with Gasteiger partial charge in [-0.05, 0) is 49.9 Å². The quantitative estimate of drug-likeness (QED) is 0.330. The van der Waals surface area contributed by atoms with Crippen LogP contribution in [0.5, 0.6) is 0 Å². The van der Waals surface area contributed by atoms with Gasteiger partial charge in [-0.25, -0.2) is 0 Å². The number of hydrogen-bond acceptors (Lipinski definition) is 3. The van der Waals surface area contributed by atoms with Crippen LogP contribution in [0.4, 0.5) is 0 Å². The van der Waals surface area contributed by atoms with Crippen molar-refractivity contribution in [2.45, 2.75) is 78.4 Å². The molecule has 1 rings (SSSR count). The van der Waals surface area contributed by atoms with Crippen molar-refractivity contribution in [1.29, 1.82) is 0 Å². The smallest absolute Gasteiger partial charge is 0.303 e. The van der Waals surface area contributed by atoms with Crippen LogP contribution < -0.4 is 0 Å². The van der Waals surface area contributed by atoms with Crippen LogP contribution in [0.1, 0.15) is 58.8 Å². The summed E-state index contributed by atoms with van der Waals surface area (Å²) in [6.45, 7) is 11.6. The lowest BCUT2D eigenvalue weighted by Gasteiger charge is -2.38. The lowest BCUT2D eigenvalue weighted by molar-refractivity contribution is -0.138. The molecule has 1 aliphatic rings. The number of hydrazone groups is 1. The monoisotopic (exact) mass is 380 g/mol. The molecule has 1 aliphatic carbocycles. The topological polar surface area (TPSA) is 52.9 Å². The SMILES string of the molecule is CCC/C(CC[C@@H]1/C(=C\[Si](C)(C)C)[C@H](CC(=O)O)CC[C@H]1C)=N\N(C)C. The maximum absolute atomic E-state index is 11.4. The molecule has 4 nitrogen and oxygen atoms in total. The molecule has 150 valence electrons. The Bertz CT molecular complexity index is 521. The zero-order valence-corrected chi connectivity index (χ0v) is 19.0. The Hall–Kier alpha value is -1.10. The summed E-state index contributed by atoms with van der Waals surface area (Å²) in [5.74, 6) is 0.695. The molecule has 5 heteroatoms. The maximum Gasteiger partial charge on any atom is 0.303 e. The van der Waals surface area contributed by atoms with Gasteiger partial charge in [0.2, 0.25) is 0 Å². The predicted octanol–water partition coefficient (Wildman–Crippen LogP) is 5.43. The summed E-state index contributed by atoms with van der Waals surface area (Å²) in [7, 11) is 2.57. The molecule has 1 N–H and O–H groups in total. The van der Waals surface area contributed by atoms with Crippen molar-refractivity contribution in [3.8, 4) is 0 Å². The van der Waals surface area contributed by atoms with Crippen molar-refractivity contribution in [3.05, 3.63) is 11.3 Å². The minimum atomic E-state index is -1.40. The van der Waals surface area contributed by atoms with E-state index in [2.05, 4.69) is 44.3 Å². The van der Waals surface area contributed by atoms with Crippen molar-refractivity contribution in [2.75, 3.05) is 14.1 Å². The van der Waals surface area contributed by atoms with Crippen molar-refractivity contribution in [1.82, 2.24) is 5.01 Å². The third kappa shape index (κ3) is 8.06. The standard InChI is InChI=1S/C21H40N2O2Si/c1-8-9-18(22-23(3)4)12-13-19-16(2)10-11-17(14-21(24)25)20(19)15-26(5,6)7/h15-17,19H,8-14H2,1-7H3,(H,24,25)/b20-15-,22-18+/t16-,17+,19+/m1/s1. The minimum Gasteiger partial charge on any atom is -0.481 e. The molecule has 0 unspecified atom stereocenters. The lowest BCUT2D eigenvalue weighted by atomic mass is 9.69. The molecular formula is C21H40N2O2Si. The normalized spacial score (nSPS) is 26.2. The highest BCUT2D eigenvalue weighted by Crippen LogP contribution is 2.43. The molecule has 0 saturated heterocycles. The van der Waals surface area contributed by atoms with Crippen molar-refractivity contribution >= 4 is 19.8 Å². The molecule has 0 aromatic rings. The van der Waals surface area contributed by atoms with E-state index in [1.165, 1.54) is 11.3 Å². The molecule has 0 aromatic carbocycles. The van der Waals surface area contributed by atoms with Crippen molar-refractivity contribution < 1.29 is 9.90 Å². The second-order valence-electron chi connectivity index (χ2n) is 9.27. The molecular weight excluding hydrogens is 340 g/mol. The van der Waals surface area contributed by atoms with Crippen LogP contribution in [0.3, 0.4) is 0 Å². The first-order valence-electron chi connectivity index (χ1n) is 10.2. The Morgan fingerprint density at radius 1 is 1.27 bits per heavy atom. The summed E-state index contributed by atoms with van der Waals surface area (Å²) in [5.41, 5.74) is 5.23. The van der Waals surface area contributed by atoms with Crippen LogP contribution in [-0.4, -0.2) is 44.0 Å². The van der Waals surface area contributed by atoms with E-state index in [1.54, 1.807) is 0 Å². The van der Waals surface area contributed by atoms with Crippen molar-refractivity contribution in [3.63, 3.8) is 0 Å². The van der Waals surface area contributed by atoms with Crippen LogP contribution in [0, 0.1) is 17.8 Å². The number of aliphatic carboxylic acids is 1. The largest absolute Gasteiger partial charge is 0.481 e. The van der Waals surface area contributed by atoms with Gasteiger partial charge in [0, 0.05) is 19.8 Å². The van der Waals surface area contributed by atoms with Gasteiger partial charge in [0.1, 0.15) is 0 Å². The first-order valence-corrected chi connectivity index (χ1v) is 13.8. The first kappa shape index (κ1) is 22.9. The summed E-state index contributed by atoms with van der Waals surface area (Å²) >= 11 is 0. The molecule has 0 radical (unpaired) electrons. The third-order valence-electron chi connectivity index (χ3n) is 5.20. The average molecular weight is 381 g/mol. The number of hydrogen-bond donors (Lipinski definition) is 1. The molecule has 1 saturated carbocycles. The number of nitrogens with zero attached hydrogens (tertiary/aromatic N) is 2. The van der Waals surface area contributed by atoms with Gasteiger partial charge in [-0.2, -0.15) is 5.10 Å². The molecule has 0 amide bonds.